The highest BCUT2D eigenvalue weighted by molar-refractivity contribution is 5.79. The lowest BCUT2D eigenvalue weighted by atomic mass is 9.94. The predicted molar refractivity (Wildman–Crippen MR) is 60.1 cm³/mol. The quantitative estimate of drug-likeness (QED) is 0.634. The Morgan fingerprint density at radius 1 is 1.50 bits per heavy atom. The van der Waals surface area contributed by atoms with E-state index in [2.05, 4.69) is 10.6 Å². The molecule has 0 bridgehead atoms. The van der Waals surface area contributed by atoms with Crippen molar-refractivity contribution < 1.29 is 14.7 Å². The molecule has 1 unspecified atom stereocenters. The van der Waals surface area contributed by atoms with Crippen LogP contribution in [-0.2, 0) is 9.59 Å². The summed E-state index contributed by atoms with van der Waals surface area (Å²) in [5.74, 6) is -0.972. The van der Waals surface area contributed by atoms with Crippen molar-refractivity contribution in [3.63, 3.8) is 0 Å². The Morgan fingerprint density at radius 2 is 2.19 bits per heavy atom. The highest BCUT2D eigenvalue weighted by Gasteiger charge is 2.28. The molecule has 0 radical (unpaired) electrons. The molecule has 1 rings (SSSR count). The Hall–Kier alpha value is -1.10. The van der Waals surface area contributed by atoms with E-state index < -0.39 is 11.4 Å². The molecule has 1 amide bonds. The summed E-state index contributed by atoms with van der Waals surface area (Å²) < 4.78 is 0. The summed E-state index contributed by atoms with van der Waals surface area (Å²) in [7, 11) is 0. The molecule has 3 N–H and O–H groups in total. The van der Waals surface area contributed by atoms with Gasteiger partial charge in [0.05, 0.1) is 5.41 Å². The third-order valence-electron chi connectivity index (χ3n) is 2.90. The minimum absolute atomic E-state index is 0.0753. The van der Waals surface area contributed by atoms with Gasteiger partial charge in [0.25, 0.3) is 0 Å². The Morgan fingerprint density at radius 3 is 2.69 bits per heavy atom. The van der Waals surface area contributed by atoms with Gasteiger partial charge in [-0.15, -0.1) is 0 Å². The maximum Gasteiger partial charge on any atom is 0.310 e. The fourth-order valence-electron chi connectivity index (χ4n) is 1.62. The smallest absolute Gasteiger partial charge is 0.310 e. The highest BCUT2D eigenvalue weighted by atomic mass is 16.4. The third kappa shape index (κ3) is 3.81. The zero-order chi connectivity index (χ0) is 12.2. The third-order valence-corrected chi connectivity index (χ3v) is 2.90. The van der Waals surface area contributed by atoms with Gasteiger partial charge in [-0.2, -0.15) is 0 Å². The van der Waals surface area contributed by atoms with Crippen LogP contribution in [0, 0.1) is 5.41 Å². The van der Waals surface area contributed by atoms with Crippen LogP contribution in [0.2, 0.25) is 0 Å². The van der Waals surface area contributed by atoms with E-state index in [1.54, 1.807) is 13.8 Å². The van der Waals surface area contributed by atoms with Crippen molar-refractivity contribution in [3.05, 3.63) is 0 Å². The monoisotopic (exact) mass is 228 g/mol. The fraction of sp³-hybridized carbons (Fsp3) is 0.818. The van der Waals surface area contributed by atoms with Crippen molar-refractivity contribution in [2.45, 2.75) is 39.2 Å². The van der Waals surface area contributed by atoms with Gasteiger partial charge in [0.2, 0.25) is 5.91 Å². The number of hydrogen-bond donors (Lipinski definition) is 3. The van der Waals surface area contributed by atoms with Crippen molar-refractivity contribution in [1.82, 2.24) is 10.6 Å². The number of aliphatic carboxylic acids is 1. The molecule has 92 valence electrons. The first kappa shape index (κ1) is 13.0. The van der Waals surface area contributed by atoms with E-state index in [1.807, 2.05) is 0 Å². The van der Waals surface area contributed by atoms with E-state index >= 15 is 0 Å². The highest BCUT2D eigenvalue weighted by Crippen LogP contribution is 2.14. The van der Waals surface area contributed by atoms with Crippen LogP contribution >= 0.6 is 0 Å². The summed E-state index contributed by atoms with van der Waals surface area (Å²) in [5.41, 5.74) is -0.904. The number of nitrogens with one attached hydrogen (secondary N) is 2. The molecule has 1 fully saturated rings. The summed E-state index contributed by atoms with van der Waals surface area (Å²) in [5, 5.41) is 14.8. The van der Waals surface area contributed by atoms with Crippen LogP contribution in [0.25, 0.3) is 0 Å². The topological polar surface area (TPSA) is 78.4 Å². The van der Waals surface area contributed by atoms with Gasteiger partial charge in [-0.1, -0.05) is 0 Å². The summed E-state index contributed by atoms with van der Waals surface area (Å²) in [6.07, 6.45) is 2.57. The average molecular weight is 228 g/mol. The zero-order valence-electron chi connectivity index (χ0n) is 9.88. The second-order valence-corrected chi connectivity index (χ2v) is 4.96. The van der Waals surface area contributed by atoms with Crippen molar-refractivity contribution in [2.24, 2.45) is 5.41 Å². The summed E-state index contributed by atoms with van der Waals surface area (Å²) >= 11 is 0. The minimum Gasteiger partial charge on any atom is -0.481 e. The maximum absolute atomic E-state index is 11.5. The molecular weight excluding hydrogens is 208 g/mol. The molecule has 1 atom stereocenters. The Balaban J connectivity index is 2.26. The molecule has 1 heterocycles. The molecule has 0 saturated carbocycles. The molecule has 16 heavy (non-hydrogen) atoms. The minimum atomic E-state index is -0.904. The van der Waals surface area contributed by atoms with Gasteiger partial charge in [0.15, 0.2) is 0 Å². The van der Waals surface area contributed by atoms with Crippen molar-refractivity contribution in [3.8, 4) is 0 Å². The van der Waals surface area contributed by atoms with Crippen molar-refractivity contribution in [1.29, 1.82) is 0 Å². The lowest BCUT2D eigenvalue weighted by molar-refractivity contribution is -0.146. The first-order valence-electron chi connectivity index (χ1n) is 5.65. The standard InChI is InChI=1S/C11H20N2O3/c1-11(2,10(15)16)7-13-9(14)6-8-4-3-5-12-8/h8,12H,3-7H2,1-2H3,(H,13,14)(H,15,16). The molecule has 1 aliphatic rings. The van der Waals surface area contributed by atoms with Gasteiger partial charge in [0, 0.05) is 19.0 Å². The second-order valence-electron chi connectivity index (χ2n) is 4.96. The van der Waals surface area contributed by atoms with Gasteiger partial charge in [-0.05, 0) is 33.2 Å². The van der Waals surface area contributed by atoms with Crippen LogP contribution in [0.15, 0.2) is 0 Å². The van der Waals surface area contributed by atoms with Gasteiger partial charge < -0.3 is 15.7 Å². The number of carboxylic acid groups (broad SMARTS) is 1. The van der Waals surface area contributed by atoms with E-state index in [0.29, 0.717) is 6.42 Å². The van der Waals surface area contributed by atoms with E-state index in [9.17, 15) is 9.59 Å². The molecule has 0 aromatic carbocycles. The molecule has 1 saturated heterocycles. The Labute approximate surface area is 95.6 Å². The first-order chi connectivity index (χ1) is 7.42. The Kier molecular flexibility index (Phi) is 4.29. The summed E-state index contributed by atoms with van der Waals surface area (Å²) in [6.45, 7) is 4.35. The average Bonchev–Trinajstić information content (AvgIpc) is 2.67. The number of hydrogen-bond acceptors (Lipinski definition) is 3. The zero-order valence-corrected chi connectivity index (χ0v) is 9.88. The molecule has 0 aromatic rings. The molecule has 1 aliphatic heterocycles. The van der Waals surface area contributed by atoms with Gasteiger partial charge in [-0.25, -0.2) is 0 Å². The van der Waals surface area contributed by atoms with Gasteiger partial charge >= 0.3 is 5.97 Å². The molecule has 5 heteroatoms. The van der Waals surface area contributed by atoms with E-state index in [4.69, 9.17) is 5.11 Å². The largest absolute Gasteiger partial charge is 0.481 e. The van der Waals surface area contributed by atoms with E-state index in [1.165, 1.54) is 0 Å². The summed E-state index contributed by atoms with van der Waals surface area (Å²) in [4.78, 5) is 22.3. The van der Waals surface area contributed by atoms with Crippen LogP contribution in [0.3, 0.4) is 0 Å². The normalized spacial score (nSPS) is 20.8. The molecule has 5 nitrogen and oxygen atoms in total. The number of amides is 1. The summed E-state index contributed by atoms with van der Waals surface area (Å²) in [6, 6.07) is 0.257. The van der Waals surface area contributed by atoms with Crippen LogP contribution in [0.4, 0.5) is 0 Å². The van der Waals surface area contributed by atoms with Crippen molar-refractivity contribution >= 4 is 11.9 Å². The number of carboxylic acids is 1. The van der Waals surface area contributed by atoms with Crippen LogP contribution in [-0.4, -0.2) is 36.1 Å². The van der Waals surface area contributed by atoms with Gasteiger partial charge in [-0.3, -0.25) is 9.59 Å². The fourth-order valence-corrected chi connectivity index (χ4v) is 1.62. The van der Waals surface area contributed by atoms with Gasteiger partial charge in [0.1, 0.15) is 0 Å². The van der Waals surface area contributed by atoms with Crippen LogP contribution < -0.4 is 10.6 Å². The lowest BCUT2D eigenvalue weighted by Gasteiger charge is -2.20. The first-order valence-corrected chi connectivity index (χ1v) is 5.65. The number of rotatable bonds is 5. The second kappa shape index (κ2) is 5.30. The molecular formula is C11H20N2O3. The number of carbonyl (C=O) groups excluding carboxylic acids is 1. The predicted octanol–water partition coefficient (Wildman–Crippen LogP) is 0.356. The van der Waals surface area contributed by atoms with Crippen LogP contribution in [0.5, 0.6) is 0 Å². The number of carbonyl (C=O) groups is 2. The lowest BCUT2D eigenvalue weighted by Crippen LogP contribution is -2.40. The SMILES string of the molecule is CC(C)(CNC(=O)CC1CCCN1)C(=O)O. The van der Waals surface area contributed by atoms with Crippen LogP contribution in [0.1, 0.15) is 33.1 Å². The Bertz CT molecular complexity index is 270. The van der Waals surface area contributed by atoms with Crippen molar-refractivity contribution in [2.75, 3.05) is 13.1 Å². The maximum atomic E-state index is 11.5. The molecule has 0 aromatic heterocycles. The molecule has 0 spiro atoms. The van der Waals surface area contributed by atoms with E-state index in [0.717, 1.165) is 19.4 Å². The van der Waals surface area contributed by atoms with E-state index in [-0.39, 0.29) is 18.5 Å². The molecule has 0 aliphatic carbocycles.